The predicted octanol–water partition coefficient (Wildman–Crippen LogP) is 2.11. The van der Waals surface area contributed by atoms with Gasteiger partial charge in [-0.2, -0.15) is 0 Å². The molecule has 0 amide bonds. The van der Waals surface area contributed by atoms with E-state index >= 15 is 0 Å². The zero-order valence-corrected chi connectivity index (χ0v) is 12.3. The molecule has 1 atom stereocenters. The van der Waals surface area contributed by atoms with Crippen LogP contribution in [0.5, 0.6) is 0 Å². The van der Waals surface area contributed by atoms with E-state index in [1.54, 1.807) is 0 Å². The molecule has 1 fully saturated rings. The Kier molecular flexibility index (Phi) is 5.16. The lowest BCUT2D eigenvalue weighted by molar-refractivity contribution is 0.0985. The fraction of sp³-hybridized carbons (Fsp3) is 0.667. The average Bonchev–Trinajstić information content (AvgIpc) is 2.41. The van der Waals surface area contributed by atoms with Gasteiger partial charge in [-0.15, -0.1) is 0 Å². The SMILES string of the molecule is CCCNCc1ccc(N2CCOCC2C)nc1C. The summed E-state index contributed by atoms with van der Waals surface area (Å²) in [5, 5.41) is 3.43. The van der Waals surface area contributed by atoms with Gasteiger partial charge >= 0.3 is 0 Å². The number of pyridine rings is 1. The Morgan fingerprint density at radius 1 is 1.47 bits per heavy atom. The minimum atomic E-state index is 0.407. The van der Waals surface area contributed by atoms with Crippen molar-refractivity contribution in [1.82, 2.24) is 10.3 Å². The van der Waals surface area contributed by atoms with E-state index in [2.05, 4.69) is 43.1 Å². The Hall–Kier alpha value is -1.13. The number of ether oxygens (including phenoxy) is 1. The van der Waals surface area contributed by atoms with Gasteiger partial charge in [0.25, 0.3) is 0 Å². The Balaban J connectivity index is 2.05. The van der Waals surface area contributed by atoms with Crippen LogP contribution in [0.2, 0.25) is 0 Å². The van der Waals surface area contributed by atoms with Crippen LogP contribution in [-0.4, -0.2) is 37.3 Å². The number of aryl methyl sites for hydroxylation is 1. The highest BCUT2D eigenvalue weighted by Gasteiger charge is 2.20. The van der Waals surface area contributed by atoms with E-state index in [-0.39, 0.29) is 0 Å². The van der Waals surface area contributed by atoms with E-state index in [1.165, 1.54) is 5.56 Å². The molecular weight excluding hydrogens is 238 g/mol. The van der Waals surface area contributed by atoms with Gasteiger partial charge in [0.15, 0.2) is 0 Å². The first-order valence-electron chi connectivity index (χ1n) is 7.24. The average molecular weight is 263 g/mol. The van der Waals surface area contributed by atoms with E-state index in [1.807, 2.05) is 0 Å². The highest BCUT2D eigenvalue weighted by Crippen LogP contribution is 2.19. The molecule has 106 valence electrons. The first-order valence-corrected chi connectivity index (χ1v) is 7.24. The minimum Gasteiger partial charge on any atom is -0.377 e. The van der Waals surface area contributed by atoms with Crippen molar-refractivity contribution in [3.05, 3.63) is 23.4 Å². The van der Waals surface area contributed by atoms with Crippen LogP contribution in [-0.2, 0) is 11.3 Å². The summed E-state index contributed by atoms with van der Waals surface area (Å²) in [7, 11) is 0. The molecule has 4 heteroatoms. The lowest BCUT2D eigenvalue weighted by Crippen LogP contribution is -2.44. The van der Waals surface area contributed by atoms with Gasteiger partial charge in [-0.1, -0.05) is 13.0 Å². The van der Waals surface area contributed by atoms with Crippen molar-refractivity contribution in [2.75, 3.05) is 31.2 Å². The molecule has 4 nitrogen and oxygen atoms in total. The number of morpholine rings is 1. The molecule has 0 radical (unpaired) electrons. The summed E-state index contributed by atoms with van der Waals surface area (Å²) in [5.74, 6) is 1.08. The fourth-order valence-electron chi connectivity index (χ4n) is 2.39. The van der Waals surface area contributed by atoms with Gasteiger partial charge in [0, 0.05) is 18.8 Å². The summed E-state index contributed by atoms with van der Waals surface area (Å²) >= 11 is 0. The second-order valence-electron chi connectivity index (χ2n) is 5.21. The van der Waals surface area contributed by atoms with Gasteiger partial charge in [0.2, 0.25) is 0 Å². The topological polar surface area (TPSA) is 37.4 Å². The molecule has 19 heavy (non-hydrogen) atoms. The number of aromatic nitrogens is 1. The Bertz CT molecular complexity index is 408. The zero-order valence-electron chi connectivity index (χ0n) is 12.3. The lowest BCUT2D eigenvalue weighted by Gasteiger charge is -2.34. The van der Waals surface area contributed by atoms with Crippen LogP contribution in [0.15, 0.2) is 12.1 Å². The van der Waals surface area contributed by atoms with Crippen molar-refractivity contribution in [2.24, 2.45) is 0 Å². The molecular formula is C15H25N3O. The highest BCUT2D eigenvalue weighted by molar-refractivity contribution is 5.43. The molecule has 1 N–H and O–H groups in total. The van der Waals surface area contributed by atoms with E-state index < -0.39 is 0 Å². The molecule has 1 unspecified atom stereocenters. The third-order valence-electron chi connectivity index (χ3n) is 3.58. The van der Waals surface area contributed by atoms with Crippen molar-refractivity contribution in [3.63, 3.8) is 0 Å². The lowest BCUT2D eigenvalue weighted by atomic mass is 10.2. The molecule has 1 aromatic rings. The quantitative estimate of drug-likeness (QED) is 0.826. The standard InChI is InChI=1S/C15H25N3O/c1-4-7-16-10-14-5-6-15(17-13(14)3)18-8-9-19-11-12(18)2/h5-6,12,16H,4,7-11H2,1-3H3. The molecule has 0 aliphatic carbocycles. The van der Waals surface area contributed by atoms with Crippen molar-refractivity contribution >= 4 is 5.82 Å². The predicted molar refractivity (Wildman–Crippen MR) is 78.6 cm³/mol. The monoisotopic (exact) mass is 263 g/mol. The fourth-order valence-corrected chi connectivity index (χ4v) is 2.39. The van der Waals surface area contributed by atoms with Crippen LogP contribution in [0, 0.1) is 6.92 Å². The van der Waals surface area contributed by atoms with Crippen molar-refractivity contribution in [3.8, 4) is 0 Å². The highest BCUT2D eigenvalue weighted by atomic mass is 16.5. The maximum Gasteiger partial charge on any atom is 0.129 e. The summed E-state index contributed by atoms with van der Waals surface area (Å²) in [4.78, 5) is 7.09. The van der Waals surface area contributed by atoms with Crippen molar-refractivity contribution < 1.29 is 4.74 Å². The van der Waals surface area contributed by atoms with E-state index in [0.717, 1.165) is 50.8 Å². The molecule has 1 aromatic heterocycles. The molecule has 0 aromatic carbocycles. The third-order valence-corrected chi connectivity index (χ3v) is 3.58. The minimum absolute atomic E-state index is 0.407. The molecule has 0 saturated carbocycles. The number of anilines is 1. The smallest absolute Gasteiger partial charge is 0.129 e. The number of hydrogen-bond donors (Lipinski definition) is 1. The Morgan fingerprint density at radius 3 is 3.00 bits per heavy atom. The van der Waals surface area contributed by atoms with Crippen LogP contribution in [0.25, 0.3) is 0 Å². The number of hydrogen-bond acceptors (Lipinski definition) is 4. The van der Waals surface area contributed by atoms with E-state index in [4.69, 9.17) is 9.72 Å². The molecule has 0 spiro atoms. The van der Waals surface area contributed by atoms with Crippen LogP contribution >= 0.6 is 0 Å². The molecule has 2 rings (SSSR count). The second kappa shape index (κ2) is 6.87. The Labute approximate surface area is 116 Å². The van der Waals surface area contributed by atoms with Gasteiger partial charge in [-0.05, 0) is 38.4 Å². The van der Waals surface area contributed by atoms with Crippen LogP contribution in [0.1, 0.15) is 31.5 Å². The van der Waals surface area contributed by atoms with Gasteiger partial charge in [-0.3, -0.25) is 0 Å². The van der Waals surface area contributed by atoms with E-state index in [0.29, 0.717) is 6.04 Å². The number of nitrogens with zero attached hydrogens (tertiary/aromatic N) is 2. The maximum absolute atomic E-state index is 5.47. The van der Waals surface area contributed by atoms with Crippen molar-refractivity contribution in [2.45, 2.75) is 39.8 Å². The second-order valence-corrected chi connectivity index (χ2v) is 5.21. The molecule has 2 heterocycles. The van der Waals surface area contributed by atoms with Gasteiger partial charge < -0.3 is 15.0 Å². The van der Waals surface area contributed by atoms with Gasteiger partial charge in [-0.25, -0.2) is 4.98 Å². The van der Waals surface area contributed by atoms with Crippen LogP contribution in [0.4, 0.5) is 5.82 Å². The largest absolute Gasteiger partial charge is 0.377 e. The van der Waals surface area contributed by atoms with Gasteiger partial charge in [0.1, 0.15) is 5.82 Å². The summed E-state index contributed by atoms with van der Waals surface area (Å²) in [6, 6.07) is 4.74. The van der Waals surface area contributed by atoms with E-state index in [9.17, 15) is 0 Å². The van der Waals surface area contributed by atoms with Crippen LogP contribution < -0.4 is 10.2 Å². The first kappa shape index (κ1) is 14.3. The molecule has 0 bridgehead atoms. The maximum atomic E-state index is 5.47. The number of rotatable bonds is 5. The molecule has 1 aliphatic heterocycles. The summed E-state index contributed by atoms with van der Waals surface area (Å²) in [6.07, 6.45) is 1.16. The van der Waals surface area contributed by atoms with Gasteiger partial charge in [0.05, 0.1) is 19.3 Å². The number of nitrogens with one attached hydrogen (secondary N) is 1. The van der Waals surface area contributed by atoms with Crippen molar-refractivity contribution in [1.29, 1.82) is 0 Å². The van der Waals surface area contributed by atoms with Crippen LogP contribution in [0.3, 0.4) is 0 Å². The summed E-state index contributed by atoms with van der Waals surface area (Å²) in [6.45, 7) is 10.9. The first-order chi connectivity index (χ1) is 9.22. The summed E-state index contributed by atoms with van der Waals surface area (Å²) < 4.78 is 5.47. The normalized spacial score (nSPS) is 19.7. The zero-order chi connectivity index (χ0) is 13.7. The molecule has 1 saturated heterocycles. The Morgan fingerprint density at radius 2 is 2.32 bits per heavy atom. The summed E-state index contributed by atoms with van der Waals surface area (Å²) in [5.41, 5.74) is 2.41. The molecule has 1 aliphatic rings. The third kappa shape index (κ3) is 3.67.